The van der Waals surface area contributed by atoms with Crippen LogP contribution in [0, 0.1) is 11.6 Å². The van der Waals surface area contributed by atoms with Crippen LogP contribution in [0.3, 0.4) is 0 Å². The second-order valence-corrected chi connectivity index (χ2v) is 6.75. The SMILES string of the molecule is CC(=O)/C(C)=C/C(=O)c1cc(-c2ccc(F)c(F)c2)nn1-c1ccc(C(F)(F)F)cc1. The molecular weight excluding hydrogens is 419 g/mol. The smallest absolute Gasteiger partial charge is 0.295 e. The van der Waals surface area contributed by atoms with E-state index in [2.05, 4.69) is 5.10 Å². The van der Waals surface area contributed by atoms with Crippen molar-refractivity contribution >= 4 is 11.6 Å². The molecule has 0 amide bonds. The number of hydrogen-bond donors (Lipinski definition) is 0. The Labute approximate surface area is 173 Å². The Balaban J connectivity index is 2.14. The number of carbonyl (C=O) groups excluding carboxylic acids is 2. The van der Waals surface area contributed by atoms with Crippen molar-refractivity contribution in [2.75, 3.05) is 0 Å². The fourth-order valence-corrected chi connectivity index (χ4v) is 2.71. The van der Waals surface area contributed by atoms with Crippen molar-refractivity contribution in [3.63, 3.8) is 0 Å². The molecule has 0 atom stereocenters. The summed E-state index contributed by atoms with van der Waals surface area (Å²) in [6.07, 6.45) is -3.46. The minimum absolute atomic E-state index is 0.0694. The normalized spacial score (nSPS) is 12.2. The van der Waals surface area contributed by atoms with E-state index in [1.807, 2.05) is 0 Å². The predicted molar refractivity (Wildman–Crippen MR) is 103 cm³/mol. The molecule has 0 N–H and O–H groups in total. The van der Waals surface area contributed by atoms with Crippen LogP contribution in [-0.2, 0) is 11.0 Å². The number of ketones is 2. The van der Waals surface area contributed by atoms with Crippen molar-refractivity contribution in [3.05, 3.63) is 83.1 Å². The van der Waals surface area contributed by atoms with Crippen molar-refractivity contribution in [1.29, 1.82) is 0 Å². The van der Waals surface area contributed by atoms with E-state index < -0.39 is 29.2 Å². The van der Waals surface area contributed by atoms with Crippen LogP contribution in [-0.4, -0.2) is 21.3 Å². The van der Waals surface area contributed by atoms with Gasteiger partial charge in [-0.05, 0) is 74.0 Å². The maximum Gasteiger partial charge on any atom is 0.416 e. The van der Waals surface area contributed by atoms with Gasteiger partial charge in [0.1, 0.15) is 5.69 Å². The molecule has 0 spiro atoms. The lowest BCUT2D eigenvalue weighted by atomic mass is 10.1. The van der Waals surface area contributed by atoms with E-state index in [0.717, 1.165) is 47.2 Å². The summed E-state index contributed by atoms with van der Waals surface area (Å²) in [5.41, 5.74) is -0.398. The monoisotopic (exact) mass is 434 g/mol. The molecule has 2 aromatic carbocycles. The molecular formula is C22H15F5N2O2. The van der Waals surface area contributed by atoms with Crippen LogP contribution in [0.25, 0.3) is 16.9 Å². The topological polar surface area (TPSA) is 52.0 Å². The minimum atomic E-state index is -4.54. The molecule has 0 unspecified atom stereocenters. The predicted octanol–water partition coefficient (Wildman–Crippen LogP) is 5.55. The van der Waals surface area contributed by atoms with Gasteiger partial charge in [0.2, 0.25) is 5.78 Å². The molecule has 9 heteroatoms. The zero-order valence-electron chi connectivity index (χ0n) is 16.3. The van der Waals surface area contributed by atoms with Gasteiger partial charge in [-0.15, -0.1) is 0 Å². The minimum Gasteiger partial charge on any atom is -0.295 e. The van der Waals surface area contributed by atoms with E-state index >= 15 is 0 Å². The standard InChI is InChI=1S/C22H15F5N2O2/c1-12(13(2)30)9-21(31)20-11-19(14-3-8-17(23)18(24)10-14)28-29(20)16-6-4-15(5-7-16)22(25,26)27/h3-11H,1-2H3/b12-9+. The molecule has 0 radical (unpaired) electrons. The summed E-state index contributed by atoms with van der Waals surface area (Å²) < 4.78 is 66.6. The number of halogens is 5. The zero-order valence-corrected chi connectivity index (χ0v) is 16.3. The third-order valence-corrected chi connectivity index (χ3v) is 4.52. The molecule has 4 nitrogen and oxygen atoms in total. The molecule has 0 aliphatic carbocycles. The third-order valence-electron chi connectivity index (χ3n) is 4.52. The van der Waals surface area contributed by atoms with Crippen molar-refractivity contribution in [1.82, 2.24) is 9.78 Å². The lowest BCUT2D eigenvalue weighted by molar-refractivity contribution is -0.137. The maximum atomic E-state index is 13.6. The van der Waals surface area contributed by atoms with Gasteiger partial charge in [-0.1, -0.05) is 0 Å². The van der Waals surface area contributed by atoms with E-state index in [1.54, 1.807) is 0 Å². The van der Waals surface area contributed by atoms with Gasteiger partial charge in [0.25, 0.3) is 0 Å². The van der Waals surface area contributed by atoms with Crippen LogP contribution in [0.15, 0.2) is 60.2 Å². The number of alkyl halides is 3. The number of Topliss-reactive ketones (excluding diaryl/α,β-unsaturated/α-hetero) is 1. The molecule has 0 bridgehead atoms. The van der Waals surface area contributed by atoms with E-state index in [0.29, 0.717) is 0 Å². The third kappa shape index (κ3) is 4.76. The number of nitrogens with zero attached hydrogens (tertiary/aromatic N) is 2. The van der Waals surface area contributed by atoms with E-state index in [1.165, 1.54) is 26.0 Å². The van der Waals surface area contributed by atoms with Gasteiger partial charge >= 0.3 is 6.18 Å². The van der Waals surface area contributed by atoms with Gasteiger partial charge in [-0.25, -0.2) is 13.5 Å². The summed E-state index contributed by atoms with van der Waals surface area (Å²) in [6, 6.07) is 8.24. The van der Waals surface area contributed by atoms with Gasteiger partial charge in [0.05, 0.1) is 16.9 Å². The number of carbonyl (C=O) groups is 2. The largest absolute Gasteiger partial charge is 0.416 e. The summed E-state index contributed by atoms with van der Waals surface area (Å²) in [6.45, 7) is 2.72. The summed E-state index contributed by atoms with van der Waals surface area (Å²) in [7, 11) is 0. The highest BCUT2D eigenvalue weighted by Crippen LogP contribution is 2.30. The first-order chi connectivity index (χ1) is 14.5. The zero-order chi connectivity index (χ0) is 22.9. The second-order valence-electron chi connectivity index (χ2n) is 6.75. The van der Waals surface area contributed by atoms with Crippen LogP contribution in [0.1, 0.15) is 29.9 Å². The molecule has 3 rings (SSSR count). The van der Waals surface area contributed by atoms with Gasteiger partial charge in [-0.2, -0.15) is 18.3 Å². The molecule has 1 heterocycles. The van der Waals surface area contributed by atoms with Crippen molar-refractivity contribution < 1.29 is 31.5 Å². The molecule has 0 saturated carbocycles. The average Bonchev–Trinajstić information content (AvgIpc) is 3.15. The molecule has 0 fully saturated rings. The number of rotatable bonds is 5. The highest BCUT2D eigenvalue weighted by atomic mass is 19.4. The summed E-state index contributed by atoms with van der Waals surface area (Å²) in [5, 5.41) is 4.20. The molecule has 0 saturated heterocycles. The van der Waals surface area contributed by atoms with Crippen LogP contribution >= 0.6 is 0 Å². The summed E-state index contributed by atoms with van der Waals surface area (Å²) >= 11 is 0. The fraction of sp³-hybridized carbons (Fsp3) is 0.136. The Bertz CT molecular complexity index is 1190. The van der Waals surface area contributed by atoms with E-state index in [-0.39, 0.29) is 34.0 Å². The van der Waals surface area contributed by atoms with Crippen molar-refractivity contribution in [3.8, 4) is 16.9 Å². The molecule has 0 aliphatic heterocycles. The number of benzene rings is 2. The molecule has 1 aromatic heterocycles. The second kappa shape index (κ2) is 8.25. The summed E-state index contributed by atoms with van der Waals surface area (Å²) in [5.74, 6) is -3.16. The summed E-state index contributed by atoms with van der Waals surface area (Å²) in [4.78, 5) is 24.2. The van der Waals surface area contributed by atoms with E-state index in [4.69, 9.17) is 0 Å². The Hall–Kier alpha value is -3.62. The van der Waals surface area contributed by atoms with Crippen molar-refractivity contribution in [2.24, 2.45) is 0 Å². The first-order valence-electron chi connectivity index (χ1n) is 8.94. The number of allylic oxidation sites excluding steroid dienone is 2. The molecule has 160 valence electrons. The van der Waals surface area contributed by atoms with Crippen LogP contribution in [0.5, 0.6) is 0 Å². The Morgan fingerprint density at radius 3 is 2.13 bits per heavy atom. The van der Waals surface area contributed by atoms with Crippen LogP contribution < -0.4 is 0 Å². The Morgan fingerprint density at radius 2 is 1.58 bits per heavy atom. The maximum absolute atomic E-state index is 13.6. The van der Waals surface area contributed by atoms with Gasteiger partial charge in [0.15, 0.2) is 17.4 Å². The molecule has 3 aromatic rings. The Kier molecular flexibility index (Phi) is 5.88. The Morgan fingerprint density at radius 1 is 0.935 bits per heavy atom. The number of hydrogen-bond acceptors (Lipinski definition) is 3. The van der Waals surface area contributed by atoms with Gasteiger partial charge in [0, 0.05) is 5.56 Å². The van der Waals surface area contributed by atoms with Crippen molar-refractivity contribution in [2.45, 2.75) is 20.0 Å². The average molecular weight is 434 g/mol. The molecule has 0 aliphatic rings. The van der Waals surface area contributed by atoms with Gasteiger partial charge < -0.3 is 0 Å². The first-order valence-corrected chi connectivity index (χ1v) is 8.94. The van der Waals surface area contributed by atoms with Gasteiger partial charge in [-0.3, -0.25) is 9.59 Å². The van der Waals surface area contributed by atoms with E-state index in [9.17, 15) is 31.5 Å². The first kappa shape index (κ1) is 22.1. The number of aromatic nitrogens is 2. The highest BCUT2D eigenvalue weighted by molar-refractivity contribution is 6.09. The quantitative estimate of drug-likeness (QED) is 0.300. The lowest BCUT2D eigenvalue weighted by Crippen LogP contribution is -2.09. The van der Waals surface area contributed by atoms with Crippen LogP contribution in [0.4, 0.5) is 22.0 Å². The lowest BCUT2D eigenvalue weighted by Gasteiger charge is -2.09. The van der Waals surface area contributed by atoms with Crippen LogP contribution in [0.2, 0.25) is 0 Å². The highest BCUT2D eigenvalue weighted by Gasteiger charge is 2.30. The fourth-order valence-electron chi connectivity index (χ4n) is 2.71. The molecule has 31 heavy (non-hydrogen) atoms.